The van der Waals surface area contributed by atoms with Gasteiger partial charge in [-0.2, -0.15) is 0 Å². The highest BCUT2D eigenvalue weighted by Gasteiger charge is 2.36. The topological polar surface area (TPSA) is 49.9 Å². The first kappa shape index (κ1) is 13.4. The highest BCUT2D eigenvalue weighted by Crippen LogP contribution is 2.32. The number of carbonyl (C=O) groups is 2. The molecule has 1 aromatic rings. The molecule has 19 heavy (non-hydrogen) atoms. The van der Waals surface area contributed by atoms with Gasteiger partial charge in [-0.05, 0) is 12.1 Å². The molecule has 1 heterocycles. The van der Waals surface area contributed by atoms with Crippen LogP contribution in [0.1, 0.15) is 6.42 Å². The van der Waals surface area contributed by atoms with Crippen molar-refractivity contribution in [3.05, 3.63) is 24.3 Å². The molecule has 1 aliphatic heterocycles. The fraction of sp³-hybridized carbons (Fsp3) is 0.429. The van der Waals surface area contributed by atoms with Gasteiger partial charge in [-0.1, -0.05) is 12.1 Å². The third-order valence-corrected chi connectivity index (χ3v) is 3.29. The average molecular weight is 262 g/mol. The number of methoxy groups -OCH3 is 1. The zero-order valence-corrected chi connectivity index (χ0v) is 11.4. The Balaban J connectivity index is 2.23. The van der Waals surface area contributed by atoms with Crippen LogP contribution in [0.3, 0.4) is 0 Å². The maximum absolute atomic E-state index is 12.1. The monoisotopic (exact) mass is 262 g/mol. The van der Waals surface area contributed by atoms with Crippen molar-refractivity contribution in [2.75, 3.05) is 32.6 Å². The Morgan fingerprint density at radius 1 is 1.37 bits per heavy atom. The quantitative estimate of drug-likeness (QED) is 0.820. The second-order valence-corrected chi connectivity index (χ2v) is 4.81. The fourth-order valence-corrected chi connectivity index (χ4v) is 2.32. The van der Waals surface area contributed by atoms with Crippen LogP contribution in [-0.4, -0.2) is 44.5 Å². The molecule has 0 saturated carbocycles. The van der Waals surface area contributed by atoms with Gasteiger partial charge in [0.15, 0.2) is 0 Å². The summed E-state index contributed by atoms with van der Waals surface area (Å²) >= 11 is 0. The molecule has 5 heteroatoms. The SMILES string of the molecule is COc1ccccc1N1C[C@@H](C(=O)N(C)C)CC1=O. The number of hydrogen-bond acceptors (Lipinski definition) is 3. The maximum Gasteiger partial charge on any atom is 0.227 e. The minimum atomic E-state index is -0.271. The van der Waals surface area contributed by atoms with E-state index in [4.69, 9.17) is 4.74 Å². The van der Waals surface area contributed by atoms with Crippen molar-refractivity contribution in [3.63, 3.8) is 0 Å². The number of carbonyl (C=O) groups excluding carboxylic acids is 2. The second-order valence-electron chi connectivity index (χ2n) is 4.81. The smallest absolute Gasteiger partial charge is 0.227 e. The van der Waals surface area contributed by atoms with E-state index in [0.717, 1.165) is 5.69 Å². The van der Waals surface area contributed by atoms with Crippen LogP contribution >= 0.6 is 0 Å². The number of rotatable bonds is 3. The fourth-order valence-electron chi connectivity index (χ4n) is 2.32. The van der Waals surface area contributed by atoms with Crippen LogP contribution in [0.4, 0.5) is 5.69 Å². The summed E-state index contributed by atoms with van der Waals surface area (Å²) < 4.78 is 5.26. The number of hydrogen-bond donors (Lipinski definition) is 0. The number of anilines is 1. The molecule has 0 radical (unpaired) electrons. The molecule has 2 amide bonds. The van der Waals surface area contributed by atoms with Crippen molar-refractivity contribution in [2.24, 2.45) is 5.92 Å². The second kappa shape index (κ2) is 5.30. The number of para-hydroxylation sites is 2. The van der Waals surface area contributed by atoms with E-state index in [1.165, 1.54) is 4.90 Å². The molecule has 1 saturated heterocycles. The molecule has 1 fully saturated rings. The molecule has 1 atom stereocenters. The Kier molecular flexibility index (Phi) is 3.74. The lowest BCUT2D eigenvalue weighted by Gasteiger charge is -2.20. The maximum atomic E-state index is 12.1. The van der Waals surface area contributed by atoms with Gasteiger partial charge in [0, 0.05) is 27.1 Å². The van der Waals surface area contributed by atoms with Crippen LogP contribution in [0.15, 0.2) is 24.3 Å². The molecule has 0 spiro atoms. The summed E-state index contributed by atoms with van der Waals surface area (Å²) in [5.74, 6) is 0.330. The van der Waals surface area contributed by atoms with Gasteiger partial charge in [-0.3, -0.25) is 9.59 Å². The normalized spacial score (nSPS) is 18.6. The lowest BCUT2D eigenvalue weighted by Crippen LogP contribution is -2.32. The first-order valence-corrected chi connectivity index (χ1v) is 6.19. The minimum absolute atomic E-state index is 0.00857. The molecule has 0 unspecified atom stereocenters. The summed E-state index contributed by atoms with van der Waals surface area (Å²) in [6.45, 7) is 0.413. The van der Waals surface area contributed by atoms with Crippen molar-refractivity contribution in [1.29, 1.82) is 0 Å². The van der Waals surface area contributed by atoms with Crippen molar-refractivity contribution < 1.29 is 14.3 Å². The first-order valence-electron chi connectivity index (χ1n) is 6.19. The number of benzene rings is 1. The van der Waals surface area contributed by atoms with Gasteiger partial charge in [0.2, 0.25) is 11.8 Å². The molecule has 2 rings (SSSR count). The highest BCUT2D eigenvalue weighted by atomic mass is 16.5. The lowest BCUT2D eigenvalue weighted by atomic mass is 10.1. The molecule has 1 aliphatic rings. The number of nitrogens with zero attached hydrogens (tertiary/aromatic N) is 2. The van der Waals surface area contributed by atoms with Gasteiger partial charge in [-0.25, -0.2) is 0 Å². The van der Waals surface area contributed by atoms with E-state index in [0.29, 0.717) is 12.3 Å². The predicted molar refractivity (Wildman–Crippen MR) is 72.1 cm³/mol. The van der Waals surface area contributed by atoms with E-state index in [1.807, 2.05) is 24.3 Å². The van der Waals surface area contributed by atoms with Crippen LogP contribution < -0.4 is 9.64 Å². The van der Waals surface area contributed by atoms with Crippen molar-refractivity contribution in [1.82, 2.24) is 4.90 Å². The molecular formula is C14H18N2O3. The van der Waals surface area contributed by atoms with Crippen LogP contribution in [0, 0.1) is 5.92 Å². The zero-order chi connectivity index (χ0) is 14.0. The van der Waals surface area contributed by atoms with E-state index in [1.54, 1.807) is 26.1 Å². The Labute approximate surface area is 112 Å². The Hall–Kier alpha value is -2.04. The van der Waals surface area contributed by atoms with Gasteiger partial charge in [0.05, 0.1) is 18.7 Å². The summed E-state index contributed by atoms with van der Waals surface area (Å²) in [5, 5.41) is 0. The standard InChI is InChI=1S/C14H18N2O3/c1-15(2)14(18)10-8-13(17)16(9-10)11-6-4-5-7-12(11)19-3/h4-7,10H,8-9H2,1-3H3/t10-/m0/s1. The number of amides is 2. The predicted octanol–water partition coefficient (Wildman–Crippen LogP) is 1.14. The van der Waals surface area contributed by atoms with E-state index in [-0.39, 0.29) is 24.2 Å². The Morgan fingerprint density at radius 2 is 2.05 bits per heavy atom. The van der Waals surface area contributed by atoms with Crippen molar-refractivity contribution >= 4 is 17.5 Å². The van der Waals surface area contributed by atoms with Gasteiger partial charge in [-0.15, -0.1) is 0 Å². The largest absolute Gasteiger partial charge is 0.495 e. The van der Waals surface area contributed by atoms with E-state index < -0.39 is 0 Å². The Morgan fingerprint density at radius 3 is 2.68 bits per heavy atom. The third kappa shape index (κ3) is 2.54. The zero-order valence-electron chi connectivity index (χ0n) is 11.4. The summed E-state index contributed by atoms with van der Waals surface area (Å²) in [6.07, 6.45) is 0.259. The Bertz CT molecular complexity index is 499. The van der Waals surface area contributed by atoms with Crippen LogP contribution in [-0.2, 0) is 9.59 Å². The lowest BCUT2D eigenvalue weighted by molar-refractivity contribution is -0.133. The first-order chi connectivity index (χ1) is 9.04. The van der Waals surface area contributed by atoms with Crippen molar-refractivity contribution in [3.8, 4) is 5.75 Å². The average Bonchev–Trinajstić information content (AvgIpc) is 2.79. The van der Waals surface area contributed by atoms with E-state index in [9.17, 15) is 9.59 Å². The summed E-state index contributed by atoms with van der Waals surface area (Å²) in [4.78, 5) is 27.2. The summed E-state index contributed by atoms with van der Waals surface area (Å²) in [7, 11) is 4.99. The van der Waals surface area contributed by atoms with Crippen LogP contribution in [0.25, 0.3) is 0 Å². The van der Waals surface area contributed by atoms with Gasteiger partial charge >= 0.3 is 0 Å². The molecule has 0 N–H and O–H groups in total. The van der Waals surface area contributed by atoms with Crippen molar-refractivity contribution in [2.45, 2.75) is 6.42 Å². The van der Waals surface area contributed by atoms with Gasteiger partial charge in [0.25, 0.3) is 0 Å². The van der Waals surface area contributed by atoms with Crippen LogP contribution in [0.5, 0.6) is 5.75 Å². The third-order valence-electron chi connectivity index (χ3n) is 3.29. The highest BCUT2D eigenvalue weighted by molar-refractivity contribution is 6.01. The van der Waals surface area contributed by atoms with Crippen LogP contribution in [0.2, 0.25) is 0 Å². The molecule has 1 aromatic carbocycles. The number of ether oxygens (including phenoxy) is 1. The molecule has 0 bridgehead atoms. The van der Waals surface area contributed by atoms with E-state index in [2.05, 4.69) is 0 Å². The molecular weight excluding hydrogens is 244 g/mol. The van der Waals surface area contributed by atoms with Gasteiger partial charge < -0.3 is 14.5 Å². The molecule has 102 valence electrons. The molecule has 0 aliphatic carbocycles. The summed E-state index contributed by atoms with van der Waals surface area (Å²) in [5.41, 5.74) is 0.726. The minimum Gasteiger partial charge on any atom is -0.495 e. The van der Waals surface area contributed by atoms with Gasteiger partial charge in [0.1, 0.15) is 5.75 Å². The van der Waals surface area contributed by atoms with E-state index >= 15 is 0 Å². The molecule has 5 nitrogen and oxygen atoms in total. The summed E-state index contributed by atoms with van der Waals surface area (Å²) in [6, 6.07) is 7.35. The molecule has 0 aromatic heterocycles.